The van der Waals surface area contributed by atoms with Crippen molar-refractivity contribution in [3.8, 4) is 0 Å². The summed E-state index contributed by atoms with van der Waals surface area (Å²) in [7, 11) is 0. The Balaban J connectivity index is 2.23. The number of nitrogens with two attached hydrogens (primary N) is 2. The molecule has 1 aliphatic heterocycles. The first-order valence-electron chi connectivity index (χ1n) is 6.92. The molecule has 0 radical (unpaired) electrons. The zero-order valence-electron chi connectivity index (χ0n) is 11.9. The Morgan fingerprint density at radius 1 is 1.60 bits per heavy atom. The van der Waals surface area contributed by atoms with E-state index in [-0.39, 0.29) is 18.0 Å². The van der Waals surface area contributed by atoms with E-state index in [9.17, 15) is 4.79 Å². The highest BCUT2D eigenvalue weighted by molar-refractivity contribution is 9.11. The third-order valence-electron chi connectivity index (χ3n) is 4.25. The van der Waals surface area contributed by atoms with Gasteiger partial charge in [0.15, 0.2) is 0 Å². The maximum absolute atomic E-state index is 11.6. The van der Waals surface area contributed by atoms with Crippen LogP contribution in [0.15, 0.2) is 15.9 Å². The summed E-state index contributed by atoms with van der Waals surface area (Å²) in [4.78, 5) is 15.2. The SMILES string of the molecule is CCC(N)C(c1ccc(Br)s1)N1CCC(C)(C(N)=O)C1. The van der Waals surface area contributed by atoms with Gasteiger partial charge in [-0.15, -0.1) is 11.3 Å². The Labute approximate surface area is 132 Å². The van der Waals surface area contributed by atoms with Gasteiger partial charge in [0.1, 0.15) is 0 Å². The van der Waals surface area contributed by atoms with Crippen LogP contribution < -0.4 is 11.5 Å². The fourth-order valence-electron chi connectivity index (χ4n) is 2.81. The molecule has 1 aliphatic rings. The van der Waals surface area contributed by atoms with Crippen molar-refractivity contribution in [2.24, 2.45) is 16.9 Å². The quantitative estimate of drug-likeness (QED) is 0.847. The largest absolute Gasteiger partial charge is 0.369 e. The molecule has 4 nitrogen and oxygen atoms in total. The fourth-order valence-corrected chi connectivity index (χ4v) is 4.44. The van der Waals surface area contributed by atoms with Gasteiger partial charge in [0, 0.05) is 17.5 Å². The molecule has 3 unspecified atom stereocenters. The first kappa shape index (κ1) is 15.9. The van der Waals surface area contributed by atoms with Crippen LogP contribution in [0.4, 0.5) is 0 Å². The first-order valence-corrected chi connectivity index (χ1v) is 8.53. The molecule has 0 aromatic carbocycles. The summed E-state index contributed by atoms with van der Waals surface area (Å²) in [5.74, 6) is -0.212. The van der Waals surface area contributed by atoms with Crippen molar-refractivity contribution in [1.82, 2.24) is 4.90 Å². The molecule has 1 amide bonds. The summed E-state index contributed by atoms with van der Waals surface area (Å²) >= 11 is 5.22. The van der Waals surface area contributed by atoms with Crippen molar-refractivity contribution in [3.05, 3.63) is 20.8 Å². The van der Waals surface area contributed by atoms with E-state index in [1.165, 1.54) is 4.88 Å². The molecule has 1 saturated heterocycles. The lowest BCUT2D eigenvalue weighted by Crippen LogP contribution is -2.42. The van der Waals surface area contributed by atoms with Crippen LogP contribution in [-0.4, -0.2) is 29.9 Å². The molecule has 2 heterocycles. The number of nitrogens with zero attached hydrogens (tertiary/aromatic N) is 1. The summed E-state index contributed by atoms with van der Waals surface area (Å²) in [5.41, 5.74) is 11.5. The second kappa shape index (κ2) is 6.13. The summed E-state index contributed by atoms with van der Waals surface area (Å²) < 4.78 is 1.11. The van der Waals surface area contributed by atoms with Gasteiger partial charge in [-0.05, 0) is 54.4 Å². The van der Waals surface area contributed by atoms with E-state index in [1.54, 1.807) is 11.3 Å². The third kappa shape index (κ3) is 3.08. The molecule has 0 saturated carbocycles. The number of likely N-dealkylation sites (tertiary alicyclic amines) is 1. The Bertz CT molecular complexity index is 493. The van der Waals surface area contributed by atoms with Crippen LogP contribution in [0.25, 0.3) is 0 Å². The minimum absolute atomic E-state index is 0.0655. The predicted octanol–water partition coefficient (Wildman–Crippen LogP) is 2.49. The molecule has 20 heavy (non-hydrogen) atoms. The average molecular weight is 360 g/mol. The maximum atomic E-state index is 11.6. The van der Waals surface area contributed by atoms with Gasteiger partial charge in [-0.25, -0.2) is 0 Å². The van der Waals surface area contributed by atoms with Crippen molar-refractivity contribution < 1.29 is 4.79 Å². The van der Waals surface area contributed by atoms with E-state index in [1.807, 2.05) is 6.92 Å². The van der Waals surface area contributed by atoms with E-state index in [4.69, 9.17) is 11.5 Å². The van der Waals surface area contributed by atoms with E-state index in [0.717, 1.165) is 23.2 Å². The summed E-state index contributed by atoms with van der Waals surface area (Å²) in [6.07, 6.45) is 1.71. The van der Waals surface area contributed by atoms with E-state index in [2.05, 4.69) is 39.9 Å². The zero-order chi connectivity index (χ0) is 14.9. The van der Waals surface area contributed by atoms with E-state index < -0.39 is 5.41 Å². The van der Waals surface area contributed by atoms with Crippen LogP contribution in [0.1, 0.15) is 37.6 Å². The molecular weight excluding hydrogens is 338 g/mol. The molecule has 6 heteroatoms. The van der Waals surface area contributed by atoms with Crippen LogP contribution in [-0.2, 0) is 4.79 Å². The molecule has 0 aliphatic carbocycles. The van der Waals surface area contributed by atoms with Crippen molar-refractivity contribution in [2.45, 2.75) is 38.8 Å². The van der Waals surface area contributed by atoms with Gasteiger partial charge in [0.25, 0.3) is 0 Å². The van der Waals surface area contributed by atoms with Crippen LogP contribution >= 0.6 is 27.3 Å². The number of halogens is 1. The minimum atomic E-state index is -0.430. The molecule has 0 spiro atoms. The molecule has 4 N–H and O–H groups in total. The highest BCUT2D eigenvalue weighted by atomic mass is 79.9. The maximum Gasteiger partial charge on any atom is 0.224 e. The van der Waals surface area contributed by atoms with Gasteiger partial charge in [0.2, 0.25) is 5.91 Å². The molecular formula is C14H22BrN3OS. The van der Waals surface area contributed by atoms with Gasteiger partial charge in [-0.1, -0.05) is 6.92 Å². The van der Waals surface area contributed by atoms with Crippen molar-refractivity contribution in [2.75, 3.05) is 13.1 Å². The number of hydrogen-bond acceptors (Lipinski definition) is 4. The topological polar surface area (TPSA) is 72.3 Å². The normalized spacial score (nSPS) is 26.6. The fraction of sp³-hybridized carbons (Fsp3) is 0.643. The molecule has 112 valence electrons. The third-order valence-corrected chi connectivity index (χ3v) is 5.95. The Morgan fingerprint density at radius 2 is 2.30 bits per heavy atom. The number of rotatable bonds is 5. The Hall–Kier alpha value is -0.430. The van der Waals surface area contributed by atoms with Gasteiger partial charge in [0.05, 0.1) is 15.2 Å². The Kier molecular flexibility index (Phi) is 4.89. The first-order chi connectivity index (χ1) is 9.37. The molecule has 0 bridgehead atoms. The lowest BCUT2D eigenvalue weighted by Gasteiger charge is -2.32. The van der Waals surface area contributed by atoms with Crippen molar-refractivity contribution >= 4 is 33.2 Å². The zero-order valence-corrected chi connectivity index (χ0v) is 14.3. The number of hydrogen-bond donors (Lipinski definition) is 2. The molecule has 3 atom stereocenters. The van der Waals surface area contributed by atoms with Gasteiger partial charge in [-0.3, -0.25) is 9.69 Å². The van der Waals surface area contributed by atoms with Gasteiger partial charge < -0.3 is 11.5 Å². The smallest absolute Gasteiger partial charge is 0.224 e. The van der Waals surface area contributed by atoms with Gasteiger partial charge in [-0.2, -0.15) is 0 Å². The number of carbonyl (C=O) groups excluding carboxylic acids is 1. The van der Waals surface area contributed by atoms with Gasteiger partial charge >= 0.3 is 0 Å². The number of amides is 1. The molecule has 2 rings (SSSR count). The van der Waals surface area contributed by atoms with Crippen LogP contribution in [0, 0.1) is 5.41 Å². The van der Waals surface area contributed by atoms with Crippen molar-refractivity contribution in [1.29, 1.82) is 0 Å². The van der Waals surface area contributed by atoms with E-state index in [0.29, 0.717) is 6.54 Å². The second-order valence-electron chi connectivity index (χ2n) is 5.80. The number of primary amides is 1. The number of thiophene rings is 1. The van der Waals surface area contributed by atoms with E-state index >= 15 is 0 Å². The van der Waals surface area contributed by atoms with Crippen molar-refractivity contribution in [3.63, 3.8) is 0 Å². The lowest BCUT2D eigenvalue weighted by atomic mass is 9.89. The summed E-state index contributed by atoms with van der Waals surface area (Å²) in [6.45, 7) is 5.61. The standard InChI is InChI=1S/C14H22BrN3OS/c1-3-9(16)12(10-4-5-11(15)20-10)18-7-6-14(2,8-18)13(17)19/h4-5,9,12H,3,6-8,16H2,1-2H3,(H2,17,19). The second-order valence-corrected chi connectivity index (χ2v) is 8.30. The highest BCUT2D eigenvalue weighted by Crippen LogP contribution is 2.39. The summed E-state index contributed by atoms with van der Waals surface area (Å²) in [5, 5.41) is 0. The molecule has 1 fully saturated rings. The number of carbonyl (C=O) groups is 1. The Morgan fingerprint density at radius 3 is 2.75 bits per heavy atom. The monoisotopic (exact) mass is 359 g/mol. The van der Waals surface area contributed by atoms with Crippen LogP contribution in [0.2, 0.25) is 0 Å². The minimum Gasteiger partial charge on any atom is -0.369 e. The van der Waals surface area contributed by atoms with Crippen LogP contribution in [0.3, 0.4) is 0 Å². The molecule has 1 aromatic heterocycles. The van der Waals surface area contributed by atoms with Crippen LogP contribution in [0.5, 0.6) is 0 Å². The molecule has 1 aromatic rings. The predicted molar refractivity (Wildman–Crippen MR) is 86.5 cm³/mol. The summed E-state index contributed by atoms with van der Waals surface area (Å²) in [6, 6.07) is 4.40. The average Bonchev–Trinajstić information content (AvgIpc) is 2.98. The highest BCUT2D eigenvalue weighted by Gasteiger charge is 2.42. The lowest BCUT2D eigenvalue weighted by molar-refractivity contribution is -0.126.